The van der Waals surface area contributed by atoms with Gasteiger partial charge in [-0.2, -0.15) is 10.1 Å². The van der Waals surface area contributed by atoms with Crippen molar-refractivity contribution in [2.45, 2.75) is 44.6 Å². The quantitative estimate of drug-likeness (QED) is 0.622. The number of rotatable bonds is 5. The van der Waals surface area contributed by atoms with Gasteiger partial charge in [0.05, 0.1) is 35.9 Å². The number of nitrogens with zero attached hydrogens (tertiary/aromatic N) is 6. The van der Waals surface area contributed by atoms with Crippen molar-refractivity contribution in [3.05, 3.63) is 24.8 Å². The monoisotopic (exact) mass is 402 g/mol. The van der Waals surface area contributed by atoms with Crippen LogP contribution in [0.4, 0.5) is 17.6 Å². The van der Waals surface area contributed by atoms with Crippen LogP contribution in [0.1, 0.15) is 38.5 Å². The van der Waals surface area contributed by atoms with Crippen molar-refractivity contribution in [1.82, 2.24) is 30.1 Å². The van der Waals surface area contributed by atoms with Crippen molar-refractivity contribution >= 4 is 38.6 Å². The number of fused-ring (bicyclic) bond motifs is 1. The molecule has 3 heterocycles. The average molecular weight is 402 g/mol. The van der Waals surface area contributed by atoms with Crippen molar-refractivity contribution in [3.8, 4) is 0 Å². The second-order valence-electron chi connectivity index (χ2n) is 7.00. The van der Waals surface area contributed by atoms with Crippen LogP contribution in [0.3, 0.4) is 0 Å². The van der Waals surface area contributed by atoms with Crippen LogP contribution in [-0.4, -0.2) is 50.8 Å². The maximum Gasteiger partial charge on any atom is 0.236 e. The molecule has 28 heavy (non-hydrogen) atoms. The van der Waals surface area contributed by atoms with Gasteiger partial charge in [0.15, 0.2) is 5.65 Å². The highest BCUT2D eigenvalue weighted by molar-refractivity contribution is 7.91. The van der Waals surface area contributed by atoms with E-state index in [1.165, 1.54) is 12.8 Å². The van der Waals surface area contributed by atoms with Crippen molar-refractivity contribution < 1.29 is 8.42 Å². The van der Waals surface area contributed by atoms with Gasteiger partial charge in [-0.3, -0.25) is 9.82 Å². The Morgan fingerprint density at radius 2 is 1.75 bits per heavy atom. The number of nitrogens with one attached hydrogen (secondary N) is 2. The van der Waals surface area contributed by atoms with Gasteiger partial charge in [-0.25, -0.2) is 23.4 Å². The van der Waals surface area contributed by atoms with Crippen LogP contribution < -0.4 is 9.62 Å². The molecule has 3 aromatic heterocycles. The second-order valence-corrected chi connectivity index (χ2v) is 8.75. The van der Waals surface area contributed by atoms with Gasteiger partial charge in [-0.1, -0.05) is 25.7 Å². The molecule has 11 heteroatoms. The molecule has 148 valence electrons. The van der Waals surface area contributed by atoms with E-state index in [9.17, 15) is 8.42 Å². The van der Waals surface area contributed by atoms with Crippen LogP contribution in [0, 0.1) is 0 Å². The van der Waals surface area contributed by atoms with Crippen LogP contribution in [0.5, 0.6) is 0 Å². The predicted molar refractivity (Wildman–Crippen MR) is 106 cm³/mol. The van der Waals surface area contributed by atoms with E-state index in [2.05, 4.69) is 39.8 Å². The smallest absolute Gasteiger partial charge is 0.236 e. The lowest BCUT2D eigenvalue weighted by Gasteiger charge is -2.30. The van der Waals surface area contributed by atoms with Gasteiger partial charge in [0.2, 0.25) is 21.9 Å². The average Bonchev–Trinajstić information content (AvgIpc) is 2.96. The first-order valence-electron chi connectivity index (χ1n) is 9.25. The Hall–Kier alpha value is -2.82. The van der Waals surface area contributed by atoms with Gasteiger partial charge >= 0.3 is 0 Å². The van der Waals surface area contributed by atoms with Gasteiger partial charge in [-0.05, 0) is 12.8 Å². The molecule has 0 radical (unpaired) electrons. The van der Waals surface area contributed by atoms with Gasteiger partial charge in [0.25, 0.3) is 0 Å². The summed E-state index contributed by atoms with van der Waals surface area (Å²) in [5.41, 5.74) is 1.39. The zero-order valence-corrected chi connectivity index (χ0v) is 16.4. The zero-order chi connectivity index (χ0) is 19.6. The molecule has 1 fully saturated rings. The van der Waals surface area contributed by atoms with Crippen LogP contribution in [0.25, 0.3) is 11.0 Å². The van der Waals surface area contributed by atoms with E-state index < -0.39 is 10.0 Å². The summed E-state index contributed by atoms with van der Waals surface area (Å²) in [6.07, 6.45) is 14.5. The van der Waals surface area contributed by atoms with E-state index in [1.807, 2.05) is 0 Å². The van der Waals surface area contributed by atoms with Crippen molar-refractivity contribution in [1.29, 1.82) is 0 Å². The first-order valence-corrected chi connectivity index (χ1v) is 11.1. The summed E-state index contributed by atoms with van der Waals surface area (Å²) in [7, 11) is -3.43. The molecule has 4 rings (SSSR count). The molecule has 2 N–H and O–H groups in total. The van der Waals surface area contributed by atoms with Crippen LogP contribution in [-0.2, 0) is 10.0 Å². The molecule has 1 aliphatic rings. The number of aromatic nitrogens is 6. The zero-order valence-electron chi connectivity index (χ0n) is 15.5. The first-order chi connectivity index (χ1) is 13.5. The lowest BCUT2D eigenvalue weighted by atomic mass is 10.1. The largest absolute Gasteiger partial charge is 0.304 e. The third-order valence-corrected chi connectivity index (χ3v) is 5.33. The molecule has 0 bridgehead atoms. The molecule has 1 aliphatic carbocycles. The number of aromatic amines is 1. The molecule has 0 aliphatic heterocycles. The predicted octanol–water partition coefficient (Wildman–Crippen LogP) is 2.38. The Morgan fingerprint density at radius 3 is 2.43 bits per heavy atom. The Labute approximate surface area is 162 Å². The summed E-state index contributed by atoms with van der Waals surface area (Å²) < 4.78 is 25.1. The fourth-order valence-corrected chi connectivity index (χ4v) is 3.95. The van der Waals surface area contributed by atoms with Crippen molar-refractivity contribution in [2.75, 3.05) is 15.9 Å². The lowest BCUT2D eigenvalue weighted by Crippen LogP contribution is -2.32. The topological polar surface area (TPSA) is 130 Å². The highest BCUT2D eigenvalue weighted by atomic mass is 32.2. The van der Waals surface area contributed by atoms with E-state index in [0.717, 1.165) is 43.0 Å². The molecule has 0 spiro atoms. The SMILES string of the molecule is CS(=O)(=O)Nc1ncc(N(c2ncc3cn[nH]c3n2)C2CCCCCC2)cn1. The standard InChI is InChI=1S/C17H22N8O2S/c1-28(26,27)24-16-18-10-14(11-19-16)25(13-6-4-2-3-5-7-13)17-20-8-12-9-21-23-15(12)22-17/h8-11,13H,2-7H2,1H3,(H,18,19,24)(H,20,21,22,23). The van der Waals surface area contributed by atoms with Crippen LogP contribution in [0.15, 0.2) is 24.8 Å². The van der Waals surface area contributed by atoms with E-state index in [-0.39, 0.29) is 12.0 Å². The highest BCUT2D eigenvalue weighted by Gasteiger charge is 2.25. The van der Waals surface area contributed by atoms with Gasteiger partial charge < -0.3 is 4.90 Å². The summed E-state index contributed by atoms with van der Waals surface area (Å²) in [5.74, 6) is 0.591. The molecule has 0 saturated heterocycles. The fraction of sp³-hybridized carbons (Fsp3) is 0.471. The number of sulfonamides is 1. The minimum absolute atomic E-state index is 0.0389. The maximum absolute atomic E-state index is 11.4. The van der Waals surface area contributed by atoms with Gasteiger partial charge in [-0.15, -0.1) is 0 Å². The third kappa shape index (κ3) is 4.19. The Morgan fingerprint density at radius 1 is 1.04 bits per heavy atom. The van der Waals surface area contributed by atoms with Crippen LogP contribution in [0.2, 0.25) is 0 Å². The maximum atomic E-state index is 11.4. The van der Waals surface area contributed by atoms with E-state index in [0.29, 0.717) is 11.6 Å². The number of hydrogen-bond donors (Lipinski definition) is 2. The van der Waals surface area contributed by atoms with E-state index in [1.54, 1.807) is 24.8 Å². The highest BCUT2D eigenvalue weighted by Crippen LogP contribution is 2.31. The van der Waals surface area contributed by atoms with Crippen molar-refractivity contribution in [2.24, 2.45) is 0 Å². The summed E-state index contributed by atoms with van der Waals surface area (Å²) in [6, 6.07) is 0.222. The normalized spacial score (nSPS) is 16.0. The molecular weight excluding hydrogens is 380 g/mol. The minimum atomic E-state index is -3.43. The van der Waals surface area contributed by atoms with Crippen LogP contribution >= 0.6 is 0 Å². The minimum Gasteiger partial charge on any atom is -0.304 e. The Balaban J connectivity index is 1.71. The fourth-order valence-electron chi connectivity index (χ4n) is 3.51. The summed E-state index contributed by atoms with van der Waals surface area (Å²) >= 11 is 0. The molecule has 3 aromatic rings. The second kappa shape index (κ2) is 7.66. The summed E-state index contributed by atoms with van der Waals surface area (Å²) in [5, 5.41) is 7.73. The summed E-state index contributed by atoms with van der Waals surface area (Å²) in [6.45, 7) is 0. The molecule has 1 saturated carbocycles. The van der Waals surface area contributed by atoms with E-state index in [4.69, 9.17) is 0 Å². The first kappa shape index (κ1) is 18.5. The van der Waals surface area contributed by atoms with Crippen molar-refractivity contribution in [3.63, 3.8) is 0 Å². The number of H-pyrrole nitrogens is 1. The third-order valence-electron chi connectivity index (χ3n) is 4.78. The molecule has 0 aromatic carbocycles. The van der Waals surface area contributed by atoms with Gasteiger partial charge in [0, 0.05) is 12.2 Å². The molecule has 10 nitrogen and oxygen atoms in total. The molecule has 0 atom stereocenters. The Kier molecular flexibility index (Phi) is 5.07. The number of anilines is 3. The Bertz CT molecular complexity index is 1040. The molecular formula is C17H22N8O2S. The molecule has 0 amide bonds. The van der Waals surface area contributed by atoms with E-state index >= 15 is 0 Å². The molecule has 0 unspecified atom stereocenters. The lowest BCUT2D eigenvalue weighted by molar-refractivity contribution is 0.561. The van der Waals surface area contributed by atoms with Gasteiger partial charge in [0.1, 0.15) is 0 Å². The number of hydrogen-bond acceptors (Lipinski definition) is 8. The summed E-state index contributed by atoms with van der Waals surface area (Å²) in [4.78, 5) is 19.5.